The van der Waals surface area contributed by atoms with E-state index >= 15 is 0 Å². The molecule has 1 aliphatic carbocycles. The topological polar surface area (TPSA) is 29.5 Å². The van der Waals surface area contributed by atoms with E-state index in [1.165, 1.54) is 0 Å². The van der Waals surface area contributed by atoms with Crippen LogP contribution in [0.5, 0.6) is 5.75 Å². The molecule has 0 aliphatic heterocycles. The number of aliphatic hydroxyl groups excluding tert-OH is 1. The van der Waals surface area contributed by atoms with Crippen molar-refractivity contribution in [1.29, 1.82) is 0 Å². The van der Waals surface area contributed by atoms with E-state index in [9.17, 15) is 31.4 Å². The summed E-state index contributed by atoms with van der Waals surface area (Å²) in [4.78, 5) is 0. The number of unbranched alkanes of at least 4 members (excludes halogenated alkanes) is 2. The summed E-state index contributed by atoms with van der Waals surface area (Å²) in [7, 11) is 0. The molecule has 0 radical (unpaired) electrons. The first-order chi connectivity index (χ1) is 13.9. The van der Waals surface area contributed by atoms with Crippen molar-refractivity contribution in [2.75, 3.05) is 6.61 Å². The molecule has 1 aliphatic rings. The van der Waals surface area contributed by atoms with Crippen LogP contribution < -0.4 is 4.74 Å². The molecule has 1 aromatic rings. The first-order valence-corrected chi connectivity index (χ1v) is 10.3. The van der Waals surface area contributed by atoms with Crippen LogP contribution in [0.25, 0.3) is 0 Å². The van der Waals surface area contributed by atoms with Crippen LogP contribution in [-0.2, 0) is 12.4 Å². The Hall–Kier alpha value is -1.41. The number of rotatable bonds is 8. The molecule has 0 heterocycles. The highest BCUT2D eigenvalue weighted by molar-refractivity contribution is 6.21. The molecule has 1 saturated carbocycles. The molecule has 4 atom stereocenters. The number of halogens is 7. The van der Waals surface area contributed by atoms with Gasteiger partial charge in [-0.3, -0.25) is 0 Å². The summed E-state index contributed by atoms with van der Waals surface area (Å²) in [5, 5.41) is 9.92. The molecule has 0 amide bonds. The van der Waals surface area contributed by atoms with Gasteiger partial charge in [-0.25, -0.2) is 0 Å². The van der Waals surface area contributed by atoms with Gasteiger partial charge >= 0.3 is 12.4 Å². The minimum atomic E-state index is -4.95. The van der Waals surface area contributed by atoms with Gasteiger partial charge in [0.2, 0.25) is 0 Å². The normalized spacial score (nSPS) is 25.2. The van der Waals surface area contributed by atoms with Crippen LogP contribution in [0.4, 0.5) is 26.3 Å². The Kier molecular flexibility index (Phi) is 8.51. The van der Waals surface area contributed by atoms with Crippen LogP contribution in [0.2, 0.25) is 0 Å². The molecule has 1 aromatic carbocycles. The summed E-state index contributed by atoms with van der Waals surface area (Å²) in [5.41, 5.74) is -2.88. The molecule has 1 unspecified atom stereocenters. The number of ether oxygens (including phenoxy) is 1. The van der Waals surface area contributed by atoms with Gasteiger partial charge in [0.15, 0.2) is 0 Å². The van der Waals surface area contributed by atoms with Crippen LogP contribution >= 0.6 is 11.6 Å². The van der Waals surface area contributed by atoms with Crippen molar-refractivity contribution in [3.63, 3.8) is 0 Å². The van der Waals surface area contributed by atoms with Gasteiger partial charge in [0.25, 0.3) is 0 Å². The van der Waals surface area contributed by atoms with Crippen molar-refractivity contribution < 1.29 is 36.2 Å². The zero-order valence-electron chi connectivity index (χ0n) is 16.4. The third-order valence-corrected chi connectivity index (χ3v) is 5.78. The van der Waals surface area contributed by atoms with Gasteiger partial charge in [-0.2, -0.15) is 26.3 Å². The zero-order chi connectivity index (χ0) is 22.5. The fraction of sp³-hybridized carbons (Fsp3) is 0.619. The maximum Gasteiger partial charge on any atom is 0.416 e. The summed E-state index contributed by atoms with van der Waals surface area (Å²) >= 11 is 6.31. The lowest BCUT2D eigenvalue weighted by atomic mass is 9.92. The Balaban J connectivity index is 2.14. The molecule has 2 nitrogen and oxygen atoms in total. The number of benzene rings is 1. The van der Waals surface area contributed by atoms with Crippen molar-refractivity contribution >= 4 is 11.6 Å². The van der Waals surface area contributed by atoms with Gasteiger partial charge in [-0.1, -0.05) is 31.9 Å². The molecule has 30 heavy (non-hydrogen) atoms. The predicted octanol–water partition coefficient (Wildman–Crippen LogP) is 6.84. The number of aliphatic hydroxyl groups is 1. The average molecular weight is 459 g/mol. The van der Waals surface area contributed by atoms with E-state index in [0.717, 1.165) is 19.3 Å². The van der Waals surface area contributed by atoms with Crippen molar-refractivity contribution in [2.45, 2.75) is 62.9 Å². The average Bonchev–Trinajstić information content (AvgIpc) is 2.91. The maximum atomic E-state index is 13.0. The highest BCUT2D eigenvalue weighted by Gasteiger charge is 2.42. The van der Waals surface area contributed by atoms with Gasteiger partial charge in [-0.05, 0) is 43.4 Å². The first kappa shape index (κ1) is 24.9. The second-order valence-corrected chi connectivity index (χ2v) is 8.11. The van der Waals surface area contributed by atoms with Crippen LogP contribution in [0.1, 0.15) is 50.2 Å². The number of alkyl halides is 7. The van der Waals surface area contributed by atoms with Gasteiger partial charge < -0.3 is 9.84 Å². The van der Waals surface area contributed by atoms with E-state index in [-0.39, 0.29) is 24.0 Å². The first-order valence-electron chi connectivity index (χ1n) is 9.83. The van der Waals surface area contributed by atoms with Crippen LogP contribution in [0.3, 0.4) is 0 Å². The van der Waals surface area contributed by atoms with E-state index in [2.05, 4.69) is 6.92 Å². The molecular weight excluding hydrogens is 434 g/mol. The third kappa shape index (κ3) is 6.80. The molecule has 0 spiro atoms. The Labute approximate surface area is 176 Å². The second-order valence-electron chi connectivity index (χ2n) is 7.55. The summed E-state index contributed by atoms with van der Waals surface area (Å²) in [6, 6.07) is 1.12. The summed E-state index contributed by atoms with van der Waals surface area (Å²) < 4.78 is 83.3. The second kappa shape index (κ2) is 10.3. The molecule has 0 aromatic heterocycles. The van der Waals surface area contributed by atoms with E-state index in [1.807, 2.05) is 12.2 Å². The predicted molar refractivity (Wildman–Crippen MR) is 102 cm³/mol. The van der Waals surface area contributed by atoms with E-state index in [1.54, 1.807) is 0 Å². The van der Waals surface area contributed by atoms with Gasteiger partial charge in [-0.15, -0.1) is 11.6 Å². The molecule has 170 valence electrons. The highest BCUT2D eigenvalue weighted by Crippen LogP contribution is 2.41. The van der Waals surface area contributed by atoms with Crippen molar-refractivity contribution in [3.05, 3.63) is 41.5 Å². The molecule has 1 N–H and O–H groups in total. The standard InChI is InChI=1S/C21H25ClF6O2/c1-2-3-4-5-6-7-16-17(19(29)11-18(16)22)12-30-15-9-13(20(23,24)25)8-14(10-15)21(26,27)28/h5-6,8-10,16-19,29H,2-4,7,11-12H2,1H3/b6-5-/t16-,17-,18?,19-/m1/s1. The van der Waals surface area contributed by atoms with Crippen LogP contribution in [-0.4, -0.2) is 23.2 Å². The smallest absolute Gasteiger partial charge is 0.416 e. The summed E-state index contributed by atoms with van der Waals surface area (Å²) in [6.07, 6.45) is -2.92. The largest absolute Gasteiger partial charge is 0.493 e. The van der Waals surface area contributed by atoms with E-state index in [0.29, 0.717) is 25.0 Å². The molecular formula is C21H25ClF6O2. The monoisotopic (exact) mass is 458 g/mol. The molecule has 0 saturated heterocycles. The number of hydrogen-bond acceptors (Lipinski definition) is 2. The van der Waals surface area contributed by atoms with E-state index in [4.69, 9.17) is 16.3 Å². The van der Waals surface area contributed by atoms with Crippen molar-refractivity contribution in [2.24, 2.45) is 11.8 Å². The lowest BCUT2D eigenvalue weighted by Crippen LogP contribution is -2.27. The molecule has 1 fully saturated rings. The Morgan fingerprint density at radius 2 is 1.63 bits per heavy atom. The minimum absolute atomic E-state index is 0.0516. The van der Waals surface area contributed by atoms with Gasteiger partial charge in [0.05, 0.1) is 23.8 Å². The summed E-state index contributed by atoms with van der Waals surface area (Å²) in [5.74, 6) is -1.22. The molecule has 9 heteroatoms. The van der Waals surface area contributed by atoms with Crippen molar-refractivity contribution in [3.8, 4) is 5.75 Å². The van der Waals surface area contributed by atoms with Crippen LogP contribution in [0.15, 0.2) is 30.4 Å². The fourth-order valence-corrected chi connectivity index (χ4v) is 4.06. The maximum absolute atomic E-state index is 13.0. The third-order valence-electron chi connectivity index (χ3n) is 5.28. The van der Waals surface area contributed by atoms with Gasteiger partial charge in [0, 0.05) is 11.3 Å². The highest BCUT2D eigenvalue weighted by atomic mass is 35.5. The Bertz CT molecular complexity index is 684. The van der Waals surface area contributed by atoms with E-state index < -0.39 is 41.3 Å². The van der Waals surface area contributed by atoms with Crippen LogP contribution in [0, 0.1) is 11.8 Å². The lowest BCUT2D eigenvalue weighted by Gasteiger charge is -2.23. The van der Waals surface area contributed by atoms with Gasteiger partial charge in [0.1, 0.15) is 5.75 Å². The minimum Gasteiger partial charge on any atom is -0.493 e. The number of hydrogen-bond donors (Lipinski definition) is 1. The molecule has 0 bridgehead atoms. The Morgan fingerprint density at radius 1 is 1.03 bits per heavy atom. The summed E-state index contributed by atoms with van der Waals surface area (Å²) in [6.45, 7) is 1.85. The fourth-order valence-electron chi connectivity index (χ4n) is 3.59. The lowest BCUT2D eigenvalue weighted by molar-refractivity contribution is -0.143. The SMILES string of the molecule is CCCC/C=C\C[C@H]1C(Cl)C[C@@H](O)[C@@H]1COc1cc(C(F)(F)F)cc(C(F)(F)F)c1. The quantitative estimate of drug-likeness (QED) is 0.200. The molecule has 2 rings (SSSR count). The zero-order valence-corrected chi connectivity index (χ0v) is 17.2. The number of allylic oxidation sites excluding steroid dienone is 2. The Morgan fingerprint density at radius 3 is 2.17 bits per heavy atom. The van der Waals surface area contributed by atoms with Crippen molar-refractivity contribution in [1.82, 2.24) is 0 Å².